The van der Waals surface area contributed by atoms with Gasteiger partial charge in [-0.15, -0.1) is 0 Å². The van der Waals surface area contributed by atoms with Crippen LogP contribution in [-0.4, -0.2) is 93.2 Å². The largest absolute Gasteiger partial charge is 0.481 e. The van der Waals surface area contributed by atoms with Crippen molar-refractivity contribution in [2.24, 2.45) is 29.6 Å². The van der Waals surface area contributed by atoms with Crippen LogP contribution in [-0.2, 0) is 28.8 Å². The van der Waals surface area contributed by atoms with Gasteiger partial charge in [-0.25, -0.2) is 0 Å². The maximum atomic E-state index is 13.5. The van der Waals surface area contributed by atoms with Gasteiger partial charge in [-0.2, -0.15) is 0 Å². The predicted molar refractivity (Wildman–Crippen MR) is 178 cm³/mol. The SMILES string of the molecule is CC(C)C[C@@H](NC(=O)[C@@H](C)NC(=O)C[C@H](O)[C@@H](CC(C)C)NC(=O)[C@H](NC(=O)[C@@H](NC(=O)C(C)C)C(C)C)C(C)C)[C@@H](O)CC(=O)O. The molecule has 0 aromatic heterocycles. The lowest BCUT2D eigenvalue weighted by Gasteiger charge is -2.31. The Morgan fingerprint density at radius 1 is 0.511 bits per heavy atom. The molecule has 0 radical (unpaired) electrons. The van der Waals surface area contributed by atoms with Crippen molar-refractivity contribution in [1.82, 2.24) is 26.6 Å². The lowest BCUT2D eigenvalue weighted by atomic mass is 9.95. The Balaban J connectivity index is 5.60. The summed E-state index contributed by atoms with van der Waals surface area (Å²) in [7, 11) is 0. The molecule has 14 heteroatoms. The van der Waals surface area contributed by atoms with E-state index in [1.165, 1.54) is 6.92 Å². The van der Waals surface area contributed by atoms with E-state index in [0.717, 1.165) is 0 Å². The minimum absolute atomic E-state index is 0.0153. The second-order valence-corrected chi connectivity index (χ2v) is 14.3. The zero-order chi connectivity index (χ0) is 36.8. The van der Waals surface area contributed by atoms with Gasteiger partial charge < -0.3 is 41.9 Å². The van der Waals surface area contributed by atoms with E-state index >= 15 is 0 Å². The lowest BCUT2D eigenvalue weighted by molar-refractivity contribution is -0.140. The number of aliphatic hydroxyl groups excluding tert-OH is 2. The molecule has 0 saturated heterocycles. The first kappa shape index (κ1) is 43.7. The predicted octanol–water partition coefficient (Wildman–Crippen LogP) is 1.08. The van der Waals surface area contributed by atoms with Crippen LogP contribution < -0.4 is 26.6 Å². The van der Waals surface area contributed by atoms with Gasteiger partial charge in [0, 0.05) is 5.92 Å². The van der Waals surface area contributed by atoms with Crippen LogP contribution in [0, 0.1) is 29.6 Å². The zero-order valence-corrected chi connectivity index (χ0v) is 30.0. The van der Waals surface area contributed by atoms with Crippen molar-refractivity contribution in [3.8, 4) is 0 Å². The molecule has 0 saturated carbocycles. The maximum Gasteiger partial charge on any atom is 0.306 e. The Kier molecular flexibility index (Phi) is 19.4. The van der Waals surface area contributed by atoms with Gasteiger partial charge in [0.25, 0.3) is 0 Å². The van der Waals surface area contributed by atoms with Gasteiger partial charge in [-0.3, -0.25) is 28.8 Å². The molecule has 0 spiro atoms. The lowest BCUT2D eigenvalue weighted by Crippen LogP contribution is -2.59. The van der Waals surface area contributed by atoms with Gasteiger partial charge in [-0.05, 0) is 43.4 Å². The van der Waals surface area contributed by atoms with Crippen molar-refractivity contribution in [2.75, 3.05) is 0 Å². The first-order valence-corrected chi connectivity index (χ1v) is 16.7. The summed E-state index contributed by atoms with van der Waals surface area (Å²) in [5, 5.41) is 43.8. The second kappa shape index (κ2) is 20.9. The van der Waals surface area contributed by atoms with E-state index in [1.54, 1.807) is 41.5 Å². The fourth-order valence-electron chi connectivity index (χ4n) is 4.87. The molecule has 0 heterocycles. The van der Waals surface area contributed by atoms with Crippen molar-refractivity contribution in [2.45, 2.75) is 144 Å². The van der Waals surface area contributed by atoms with Crippen LogP contribution in [0.4, 0.5) is 0 Å². The molecule has 47 heavy (non-hydrogen) atoms. The summed E-state index contributed by atoms with van der Waals surface area (Å²) in [5.41, 5.74) is 0. The van der Waals surface area contributed by atoms with Crippen LogP contribution in [0.15, 0.2) is 0 Å². The Morgan fingerprint density at radius 2 is 0.894 bits per heavy atom. The van der Waals surface area contributed by atoms with Crippen LogP contribution >= 0.6 is 0 Å². The van der Waals surface area contributed by atoms with E-state index in [2.05, 4.69) is 26.6 Å². The van der Waals surface area contributed by atoms with E-state index in [1.807, 2.05) is 27.7 Å². The Labute approximate surface area is 280 Å². The van der Waals surface area contributed by atoms with Gasteiger partial charge in [0.2, 0.25) is 29.5 Å². The first-order valence-electron chi connectivity index (χ1n) is 16.7. The fraction of sp³-hybridized carbons (Fsp3) is 0.818. The van der Waals surface area contributed by atoms with Gasteiger partial charge in [0.1, 0.15) is 18.1 Å². The molecule has 272 valence electrons. The average Bonchev–Trinajstić information content (AvgIpc) is 2.91. The molecule has 0 aliphatic carbocycles. The van der Waals surface area contributed by atoms with E-state index in [0.29, 0.717) is 12.8 Å². The van der Waals surface area contributed by atoms with Crippen LogP contribution in [0.25, 0.3) is 0 Å². The van der Waals surface area contributed by atoms with Crippen LogP contribution in [0.1, 0.15) is 102 Å². The standard InChI is InChI=1S/C33H61N5O9/c1-16(2)12-22(36-32(46)28(18(5)6)38-33(47)29(19(7)8)37-30(44)20(9)10)24(39)14-26(41)34-21(11)31(45)35-23(13-17(3)4)25(40)15-27(42)43/h16-25,28-29,39-40H,12-15H2,1-11H3,(H,34,41)(H,35,45)(H,36,46)(H,37,44)(H,38,47)(H,42,43)/t21-,22-,23-,24+,25+,28-,29+/m1/s1. The minimum Gasteiger partial charge on any atom is -0.481 e. The summed E-state index contributed by atoms with van der Waals surface area (Å²) < 4.78 is 0. The summed E-state index contributed by atoms with van der Waals surface area (Å²) >= 11 is 0. The highest BCUT2D eigenvalue weighted by Crippen LogP contribution is 2.15. The Morgan fingerprint density at radius 3 is 1.28 bits per heavy atom. The molecule has 0 aromatic rings. The molecule has 5 amide bonds. The summed E-state index contributed by atoms with van der Waals surface area (Å²) in [6.45, 7) is 19.4. The summed E-state index contributed by atoms with van der Waals surface area (Å²) in [4.78, 5) is 75.7. The first-order chi connectivity index (χ1) is 21.6. The van der Waals surface area contributed by atoms with Crippen molar-refractivity contribution in [3.05, 3.63) is 0 Å². The minimum atomic E-state index is -1.33. The highest BCUT2D eigenvalue weighted by Gasteiger charge is 2.34. The Hall–Kier alpha value is -3.26. The zero-order valence-electron chi connectivity index (χ0n) is 30.0. The highest BCUT2D eigenvalue weighted by atomic mass is 16.4. The third-order valence-electron chi connectivity index (χ3n) is 7.60. The van der Waals surface area contributed by atoms with Crippen molar-refractivity contribution in [3.63, 3.8) is 0 Å². The van der Waals surface area contributed by atoms with Crippen LogP contribution in [0.2, 0.25) is 0 Å². The monoisotopic (exact) mass is 671 g/mol. The van der Waals surface area contributed by atoms with E-state index in [4.69, 9.17) is 5.11 Å². The molecule has 0 rings (SSSR count). The van der Waals surface area contributed by atoms with Crippen molar-refractivity contribution < 1.29 is 44.1 Å². The normalized spacial score (nSPS) is 16.2. The van der Waals surface area contributed by atoms with Crippen molar-refractivity contribution >= 4 is 35.5 Å². The maximum absolute atomic E-state index is 13.5. The molecule has 0 fully saturated rings. The number of hydrogen-bond donors (Lipinski definition) is 8. The van der Waals surface area contributed by atoms with Crippen LogP contribution in [0.5, 0.6) is 0 Å². The summed E-state index contributed by atoms with van der Waals surface area (Å²) in [6, 6.07) is -4.62. The third-order valence-corrected chi connectivity index (χ3v) is 7.60. The molecular weight excluding hydrogens is 610 g/mol. The highest BCUT2D eigenvalue weighted by molar-refractivity contribution is 5.93. The van der Waals surface area contributed by atoms with E-state index in [-0.39, 0.29) is 35.5 Å². The Bertz CT molecular complexity index is 1050. The van der Waals surface area contributed by atoms with Gasteiger partial charge in [0.15, 0.2) is 0 Å². The number of nitrogens with one attached hydrogen (secondary N) is 5. The number of hydrogen-bond acceptors (Lipinski definition) is 8. The number of carbonyl (C=O) groups excluding carboxylic acids is 5. The molecule has 0 aromatic carbocycles. The number of carboxylic acid groups (broad SMARTS) is 1. The molecule has 0 bridgehead atoms. The molecular formula is C33H61N5O9. The molecule has 7 atom stereocenters. The molecule has 8 N–H and O–H groups in total. The number of aliphatic hydroxyl groups is 2. The molecule has 0 unspecified atom stereocenters. The topological polar surface area (TPSA) is 223 Å². The van der Waals surface area contributed by atoms with E-state index in [9.17, 15) is 39.0 Å². The van der Waals surface area contributed by atoms with Crippen molar-refractivity contribution in [1.29, 1.82) is 0 Å². The van der Waals surface area contributed by atoms with Gasteiger partial charge >= 0.3 is 5.97 Å². The third kappa shape index (κ3) is 16.9. The molecule has 0 aliphatic heterocycles. The molecule has 14 nitrogen and oxygen atoms in total. The van der Waals surface area contributed by atoms with E-state index < -0.39 is 84.9 Å². The number of amides is 5. The molecule has 0 aliphatic rings. The van der Waals surface area contributed by atoms with Crippen LogP contribution in [0.3, 0.4) is 0 Å². The summed E-state index contributed by atoms with van der Waals surface area (Å²) in [6.07, 6.45) is -3.02. The number of rotatable bonds is 21. The number of carbonyl (C=O) groups is 6. The quantitative estimate of drug-likeness (QED) is 0.0873. The van der Waals surface area contributed by atoms with Gasteiger partial charge in [0.05, 0.1) is 37.1 Å². The number of carboxylic acids is 1. The number of aliphatic carboxylic acids is 1. The second-order valence-electron chi connectivity index (χ2n) is 14.3. The summed E-state index contributed by atoms with van der Waals surface area (Å²) in [5.74, 6) is -4.73. The average molecular weight is 672 g/mol. The fourth-order valence-corrected chi connectivity index (χ4v) is 4.87. The smallest absolute Gasteiger partial charge is 0.306 e. The van der Waals surface area contributed by atoms with Gasteiger partial charge in [-0.1, -0.05) is 69.2 Å².